The van der Waals surface area contributed by atoms with Gasteiger partial charge >= 0.3 is 0 Å². The SMILES string of the molecule is CCNC(=NCc1ccnc(-n2cccn2)c1)N1CCSC2(CCCCC2)C1.I. The summed E-state index contributed by atoms with van der Waals surface area (Å²) >= 11 is 2.20. The third-order valence-electron chi connectivity index (χ3n) is 5.61. The molecule has 2 aromatic heterocycles. The van der Waals surface area contributed by atoms with Crippen LogP contribution in [0.25, 0.3) is 5.82 Å². The first-order valence-corrected chi connectivity index (χ1v) is 11.4. The van der Waals surface area contributed by atoms with E-state index in [0.717, 1.165) is 37.0 Å². The first-order chi connectivity index (χ1) is 13.8. The fraction of sp³-hybridized carbons (Fsp3) is 0.571. The van der Waals surface area contributed by atoms with E-state index in [2.05, 4.69) is 45.1 Å². The van der Waals surface area contributed by atoms with Gasteiger partial charge < -0.3 is 10.2 Å². The Labute approximate surface area is 195 Å². The molecule has 0 unspecified atom stereocenters. The van der Waals surface area contributed by atoms with Crippen LogP contribution in [0, 0.1) is 0 Å². The van der Waals surface area contributed by atoms with Crippen molar-refractivity contribution in [3.8, 4) is 5.82 Å². The highest BCUT2D eigenvalue weighted by molar-refractivity contribution is 14.0. The average Bonchev–Trinajstić information content (AvgIpc) is 3.27. The van der Waals surface area contributed by atoms with Crippen LogP contribution in [0.2, 0.25) is 0 Å². The standard InChI is InChI=1S/C21H30N6S.HI/c1-2-22-20(26-13-14-28-21(17-26)8-4-3-5-9-21)24-16-18-7-11-23-19(15-18)27-12-6-10-25-27;/h6-7,10-12,15H,2-5,8-9,13-14,16-17H2,1H3,(H,22,24);1H. The zero-order valence-electron chi connectivity index (χ0n) is 17.1. The molecule has 0 atom stereocenters. The van der Waals surface area contributed by atoms with E-state index in [1.807, 2.05) is 24.5 Å². The van der Waals surface area contributed by atoms with Gasteiger partial charge in [-0.3, -0.25) is 0 Å². The van der Waals surface area contributed by atoms with E-state index < -0.39 is 0 Å². The summed E-state index contributed by atoms with van der Waals surface area (Å²) in [6, 6.07) is 6.01. The van der Waals surface area contributed by atoms with Gasteiger partial charge in [-0.1, -0.05) is 19.3 Å². The van der Waals surface area contributed by atoms with Gasteiger partial charge in [0.25, 0.3) is 0 Å². The minimum atomic E-state index is 0. The van der Waals surface area contributed by atoms with Crippen molar-refractivity contribution >= 4 is 41.7 Å². The van der Waals surface area contributed by atoms with Crippen molar-refractivity contribution in [3.05, 3.63) is 42.4 Å². The Morgan fingerprint density at radius 3 is 2.90 bits per heavy atom. The van der Waals surface area contributed by atoms with Crippen LogP contribution in [0.15, 0.2) is 41.8 Å². The van der Waals surface area contributed by atoms with Gasteiger partial charge in [-0.25, -0.2) is 14.7 Å². The zero-order chi connectivity index (χ0) is 19.2. The molecular formula is C21H31IN6S. The van der Waals surface area contributed by atoms with Gasteiger partial charge in [-0.05, 0) is 43.5 Å². The number of halogens is 1. The van der Waals surface area contributed by atoms with Crippen LogP contribution >= 0.6 is 35.7 Å². The molecule has 2 fully saturated rings. The largest absolute Gasteiger partial charge is 0.357 e. The fourth-order valence-corrected chi connectivity index (χ4v) is 5.77. The second kappa shape index (κ2) is 10.7. The molecule has 2 aromatic rings. The van der Waals surface area contributed by atoms with Crippen LogP contribution in [0.5, 0.6) is 0 Å². The molecule has 1 aliphatic carbocycles. The van der Waals surface area contributed by atoms with Crippen LogP contribution in [-0.4, -0.2) is 55.8 Å². The van der Waals surface area contributed by atoms with E-state index in [1.165, 1.54) is 37.9 Å². The molecule has 1 saturated carbocycles. The number of rotatable bonds is 4. The number of nitrogens with one attached hydrogen (secondary N) is 1. The molecule has 4 rings (SSSR count). The highest BCUT2D eigenvalue weighted by Crippen LogP contribution is 2.42. The number of nitrogens with zero attached hydrogens (tertiary/aromatic N) is 5. The van der Waals surface area contributed by atoms with E-state index >= 15 is 0 Å². The van der Waals surface area contributed by atoms with Crippen molar-refractivity contribution < 1.29 is 0 Å². The van der Waals surface area contributed by atoms with Crippen molar-refractivity contribution in [1.82, 2.24) is 25.0 Å². The molecule has 1 saturated heterocycles. The molecule has 1 aliphatic heterocycles. The number of pyridine rings is 1. The first-order valence-electron chi connectivity index (χ1n) is 10.4. The molecule has 1 N–H and O–H groups in total. The van der Waals surface area contributed by atoms with Crippen molar-refractivity contribution in [3.63, 3.8) is 0 Å². The maximum atomic E-state index is 4.97. The van der Waals surface area contributed by atoms with E-state index in [-0.39, 0.29) is 24.0 Å². The Morgan fingerprint density at radius 1 is 1.28 bits per heavy atom. The lowest BCUT2D eigenvalue weighted by Gasteiger charge is -2.45. The number of hydrogen-bond donors (Lipinski definition) is 1. The van der Waals surface area contributed by atoms with Crippen LogP contribution < -0.4 is 5.32 Å². The number of aliphatic imine (C=N–C) groups is 1. The summed E-state index contributed by atoms with van der Waals surface area (Å²) in [5.74, 6) is 3.08. The Morgan fingerprint density at radius 2 is 2.14 bits per heavy atom. The summed E-state index contributed by atoms with van der Waals surface area (Å²) in [5.41, 5.74) is 1.15. The lowest BCUT2D eigenvalue weighted by atomic mass is 9.87. The van der Waals surface area contributed by atoms with Crippen molar-refractivity contribution in [1.29, 1.82) is 0 Å². The average molecular weight is 526 g/mol. The van der Waals surface area contributed by atoms with Crippen molar-refractivity contribution in [2.45, 2.75) is 50.3 Å². The van der Waals surface area contributed by atoms with Crippen LogP contribution in [0.3, 0.4) is 0 Å². The lowest BCUT2D eigenvalue weighted by molar-refractivity contribution is 0.293. The molecule has 29 heavy (non-hydrogen) atoms. The van der Waals surface area contributed by atoms with Gasteiger partial charge in [-0.2, -0.15) is 16.9 Å². The summed E-state index contributed by atoms with van der Waals surface area (Å²) in [4.78, 5) is 11.9. The predicted molar refractivity (Wildman–Crippen MR) is 131 cm³/mol. The van der Waals surface area contributed by atoms with Gasteiger partial charge in [0.1, 0.15) is 0 Å². The molecule has 3 heterocycles. The molecule has 158 valence electrons. The van der Waals surface area contributed by atoms with Crippen molar-refractivity contribution in [2.75, 3.05) is 25.4 Å². The molecule has 0 bridgehead atoms. The molecule has 0 amide bonds. The van der Waals surface area contributed by atoms with Crippen LogP contribution in [-0.2, 0) is 6.54 Å². The van der Waals surface area contributed by atoms with Gasteiger partial charge in [-0.15, -0.1) is 24.0 Å². The second-order valence-electron chi connectivity index (χ2n) is 7.66. The predicted octanol–water partition coefficient (Wildman–Crippen LogP) is 4.10. The second-order valence-corrected chi connectivity index (χ2v) is 9.22. The van der Waals surface area contributed by atoms with E-state index in [1.54, 1.807) is 10.9 Å². The van der Waals surface area contributed by atoms with E-state index in [4.69, 9.17) is 4.99 Å². The Kier molecular flexibility index (Phi) is 8.23. The third-order valence-corrected chi connectivity index (χ3v) is 7.14. The van der Waals surface area contributed by atoms with Crippen molar-refractivity contribution in [2.24, 2.45) is 4.99 Å². The maximum absolute atomic E-state index is 4.97. The highest BCUT2D eigenvalue weighted by atomic mass is 127. The summed E-state index contributed by atoms with van der Waals surface area (Å²) in [6.07, 6.45) is 12.4. The summed E-state index contributed by atoms with van der Waals surface area (Å²) in [5, 5.41) is 7.79. The lowest BCUT2D eigenvalue weighted by Crippen LogP contribution is -2.53. The number of aromatic nitrogens is 3. The zero-order valence-corrected chi connectivity index (χ0v) is 20.2. The maximum Gasteiger partial charge on any atom is 0.194 e. The summed E-state index contributed by atoms with van der Waals surface area (Å²) in [6.45, 7) is 5.89. The van der Waals surface area contributed by atoms with Gasteiger partial charge in [0.2, 0.25) is 0 Å². The number of hydrogen-bond acceptors (Lipinski definition) is 4. The van der Waals surface area contributed by atoms with Gasteiger partial charge in [0, 0.05) is 48.7 Å². The molecule has 8 heteroatoms. The summed E-state index contributed by atoms with van der Waals surface area (Å²) in [7, 11) is 0. The molecular weight excluding hydrogens is 495 g/mol. The Bertz CT molecular complexity index is 783. The van der Waals surface area contributed by atoms with Gasteiger partial charge in [0.05, 0.1) is 6.54 Å². The fourth-order valence-electron chi connectivity index (χ4n) is 4.20. The minimum absolute atomic E-state index is 0. The summed E-state index contributed by atoms with van der Waals surface area (Å²) < 4.78 is 2.23. The van der Waals surface area contributed by atoms with Gasteiger partial charge in [0.15, 0.2) is 11.8 Å². The van der Waals surface area contributed by atoms with E-state index in [9.17, 15) is 0 Å². The third kappa shape index (κ3) is 5.65. The number of thioether (sulfide) groups is 1. The quantitative estimate of drug-likeness (QED) is 0.370. The van der Waals surface area contributed by atoms with Crippen LogP contribution in [0.4, 0.5) is 0 Å². The molecule has 0 radical (unpaired) electrons. The topological polar surface area (TPSA) is 58.3 Å². The molecule has 2 aliphatic rings. The molecule has 0 aromatic carbocycles. The Balaban J connectivity index is 0.00000240. The molecule has 1 spiro atoms. The number of guanidine groups is 1. The van der Waals surface area contributed by atoms with E-state index in [0.29, 0.717) is 11.3 Å². The smallest absolute Gasteiger partial charge is 0.194 e. The van der Waals surface area contributed by atoms with Crippen LogP contribution in [0.1, 0.15) is 44.6 Å². The normalized spacial score (nSPS) is 19.1. The first kappa shape index (κ1) is 22.4. The monoisotopic (exact) mass is 526 g/mol. The minimum Gasteiger partial charge on any atom is -0.357 e. The Hall–Kier alpha value is -1.29. The highest BCUT2D eigenvalue weighted by Gasteiger charge is 2.38. The molecule has 6 nitrogen and oxygen atoms in total.